The van der Waals surface area contributed by atoms with Crippen LogP contribution in [0.2, 0.25) is 0 Å². The molecule has 0 atom stereocenters. The predicted octanol–water partition coefficient (Wildman–Crippen LogP) is 2.60. The van der Waals surface area contributed by atoms with Gasteiger partial charge in [-0.3, -0.25) is 4.79 Å². The van der Waals surface area contributed by atoms with Gasteiger partial charge in [0.05, 0.1) is 0 Å². The number of carbonyl (C=O) groups excluding carboxylic acids is 1. The molecule has 0 unspecified atom stereocenters. The second kappa shape index (κ2) is 5.36. The average Bonchev–Trinajstić information content (AvgIpc) is 2.16. The first-order valence-corrected chi connectivity index (χ1v) is 4.40. The molecule has 1 aromatic rings. The summed E-state index contributed by atoms with van der Waals surface area (Å²) in [4.78, 5) is 11.1. The minimum atomic E-state index is -0.201. The third-order valence-corrected chi connectivity index (χ3v) is 1.57. The summed E-state index contributed by atoms with van der Waals surface area (Å²) in [6, 6.07) is 9.10. The Morgan fingerprint density at radius 1 is 1.38 bits per heavy atom. The number of carbonyl (C=O) groups is 1. The maximum absolute atomic E-state index is 11.1. The molecule has 0 saturated heterocycles. The van der Waals surface area contributed by atoms with Crippen molar-refractivity contribution in [3.63, 3.8) is 0 Å². The Kier molecular flexibility index (Phi) is 4.03. The fourth-order valence-corrected chi connectivity index (χ4v) is 0.924. The highest BCUT2D eigenvalue weighted by Gasteiger charge is 2.02. The first-order valence-electron chi connectivity index (χ1n) is 4.40. The van der Waals surface area contributed by atoms with Crippen molar-refractivity contribution in [1.82, 2.24) is 0 Å². The monoisotopic (exact) mass is 177 g/mol. The van der Waals surface area contributed by atoms with Crippen molar-refractivity contribution < 1.29 is 9.53 Å². The molecule has 0 amide bonds. The maximum Gasteiger partial charge on any atom is 0.311 e. The summed E-state index contributed by atoms with van der Waals surface area (Å²) in [6.07, 6.45) is 3.17. The lowest BCUT2D eigenvalue weighted by Crippen LogP contribution is -2.07. The van der Waals surface area contributed by atoms with Crippen molar-refractivity contribution in [3.8, 4) is 5.75 Å². The number of hydrogen-bond acceptors (Lipinski definition) is 2. The smallest absolute Gasteiger partial charge is 0.311 e. The summed E-state index contributed by atoms with van der Waals surface area (Å²) >= 11 is 0. The molecule has 0 N–H and O–H groups in total. The van der Waals surface area contributed by atoms with Crippen LogP contribution in [0.4, 0.5) is 0 Å². The van der Waals surface area contributed by atoms with E-state index in [9.17, 15) is 4.79 Å². The molecule has 0 fully saturated rings. The van der Waals surface area contributed by atoms with E-state index in [1.807, 2.05) is 31.5 Å². The zero-order valence-electron chi connectivity index (χ0n) is 7.69. The molecule has 69 valence electrons. The van der Waals surface area contributed by atoms with Gasteiger partial charge in [-0.05, 0) is 18.6 Å². The second-order valence-corrected chi connectivity index (χ2v) is 2.69. The Hall–Kier alpha value is -1.31. The standard InChI is InChI=1S/C11H13O2/c1-2-3-9-11(12)13-10-7-5-4-6-8-10/h3-8H,2,9H2,1H3. The second-order valence-electron chi connectivity index (χ2n) is 2.69. The number of unbranched alkanes of at least 4 members (excludes halogenated alkanes) is 1. The zero-order chi connectivity index (χ0) is 9.52. The van der Waals surface area contributed by atoms with E-state index in [1.54, 1.807) is 12.1 Å². The van der Waals surface area contributed by atoms with Crippen molar-refractivity contribution in [3.05, 3.63) is 36.8 Å². The molecule has 1 aromatic carbocycles. The largest absolute Gasteiger partial charge is 0.427 e. The van der Waals surface area contributed by atoms with Gasteiger partial charge in [-0.15, -0.1) is 0 Å². The molecular weight excluding hydrogens is 164 g/mol. The van der Waals surface area contributed by atoms with Crippen LogP contribution in [0.1, 0.15) is 19.8 Å². The Morgan fingerprint density at radius 2 is 2.08 bits per heavy atom. The van der Waals surface area contributed by atoms with E-state index < -0.39 is 0 Å². The zero-order valence-corrected chi connectivity index (χ0v) is 7.69. The molecule has 0 spiro atoms. The normalized spacial score (nSPS) is 9.62. The van der Waals surface area contributed by atoms with Crippen molar-refractivity contribution in [2.75, 3.05) is 0 Å². The van der Waals surface area contributed by atoms with Gasteiger partial charge in [0.2, 0.25) is 0 Å². The third-order valence-electron chi connectivity index (χ3n) is 1.57. The van der Waals surface area contributed by atoms with Crippen LogP contribution < -0.4 is 4.74 Å². The van der Waals surface area contributed by atoms with Crippen LogP contribution in [-0.2, 0) is 4.79 Å². The number of rotatable bonds is 4. The third kappa shape index (κ3) is 3.74. The highest BCUT2D eigenvalue weighted by atomic mass is 16.5. The molecule has 2 nitrogen and oxygen atoms in total. The van der Waals surface area contributed by atoms with Crippen LogP contribution >= 0.6 is 0 Å². The van der Waals surface area contributed by atoms with Crippen molar-refractivity contribution >= 4 is 5.97 Å². The Morgan fingerprint density at radius 3 is 2.69 bits per heavy atom. The van der Waals surface area contributed by atoms with Gasteiger partial charge >= 0.3 is 5.97 Å². The van der Waals surface area contributed by atoms with Crippen LogP contribution in [0.3, 0.4) is 0 Å². The molecule has 0 aromatic heterocycles. The summed E-state index contributed by atoms with van der Waals surface area (Å²) in [5.74, 6) is 0.407. The lowest BCUT2D eigenvalue weighted by Gasteiger charge is -2.02. The topological polar surface area (TPSA) is 26.3 Å². The highest BCUT2D eigenvalue weighted by molar-refractivity contribution is 5.73. The molecule has 13 heavy (non-hydrogen) atoms. The quantitative estimate of drug-likeness (QED) is 0.522. The molecule has 0 bridgehead atoms. The Bertz CT molecular complexity index is 254. The molecular formula is C11H13O2. The van der Waals surface area contributed by atoms with Gasteiger partial charge in [0.15, 0.2) is 0 Å². The van der Waals surface area contributed by atoms with E-state index in [0.717, 1.165) is 6.42 Å². The molecule has 1 rings (SSSR count). The van der Waals surface area contributed by atoms with Gasteiger partial charge in [-0.2, -0.15) is 0 Å². The van der Waals surface area contributed by atoms with E-state index in [1.165, 1.54) is 0 Å². The number of esters is 1. The number of ether oxygens (including phenoxy) is 1. The molecule has 1 radical (unpaired) electrons. The van der Waals surface area contributed by atoms with Gasteiger partial charge in [-0.1, -0.05) is 31.5 Å². The molecule has 0 aliphatic carbocycles. The van der Waals surface area contributed by atoms with Crippen molar-refractivity contribution in [1.29, 1.82) is 0 Å². The van der Waals surface area contributed by atoms with Crippen molar-refractivity contribution in [2.45, 2.75) is 19.8 Å². The van der Waals surface area contributed by atoms with Gasteiger partial charge in [-0.25, -0.2) is 0 Å². The van der Waals surface area contributed by atoms with Crippen LogP contribution in [0.15, 0.2) is 30.3 Å². The summed E-state index contributed by atoms with van der Waals surface area (Å²) in [5, 5.41) is 0. The van der Waals surface area contributed by atoms with Crippen LogP contribution in [0.5, 0.6) is 5.75 Å². The van der Waals surface area contributed by atoms with Gasteiger partial charge in [0.25, 0.3) is 0 Å². The van der Waals surface area contributed by atoms with Crippen molar-refractivity contribution in [2.24, 2.45) is 0 Å². The molecule has 0 saturated carbocycles. The van der Waals surface area contributed by atoms with E-state index >= 15 is 0 Å². The van der Waals surface area contributed by atoms with Gasteiger partial charge < -0.3 is 4.74 Å². The molecule has 0 aliphatic heterocycles. The summed E-state index contributed by atoms with van der Waals surface area (Å²) < 4.78 is 5.05. The van der Waals surface area contributed by atoms with Gasteiger partial charge in [0, 0.05) is 6.42 Å². The highest BCUT2D eigenvalue weighted by Crippen LogP contribution is 2.09. The maximum atomic E-state index is 11.1. The fraction of sp³-hybridized carbons (Fsp3) is 0.273. The number of para-hydroxylation sites is 1. The van der Waals surface area contributed by atoms with Crippen LogP contribution in [0.25, 0.3) is 0 Å². The predicted molar refractivity (Wildman–Crippen MR) is 51.3 cm³/mol. The van der Waals surface area contributed by atoms with Crippen LogP contribution in [0, 0.1) is 6.42 Å². The fourth-order valence-electron chi connectivity index (χ4n) is 0.924. The minimum absolute atomic E-state index is 0.201. The summed E-state index contributed by atoms with van der Waals surface area (Å²) in [5.41, 5.74) is 0. The summed E-state index contributed by atoms with van der Waals surface area (Å²) in [7, 11) is 0. The Labute approximate surface area is 78.5 Å². The van der Waals surface area contributed by atoms with E-state index in [0.29, 0.717) is 12.2 Å². The first-order chi connectivity index (χ1) is 6.33. The number of benzene rings is 1. The van der Waals surface area contributed by atoms with Crippen LogP contribution in [-0.4, -0.2) is 5.97 Å². The average molecular weight is 177 g/mol. The number of hydrogen-bond donors (Lipinski definition) is 0. The molecule has 0 aliphatic rings. The molecule has 0 heterocycles. The van der Waals surface area contributed by atoms with Gasteiger partial charge in [0.1, 0.15) is 5.75 Å². The van der Waals surface area contributed by atoms with E-state index in [2.05, 4.69) is 0 Å². The lowest BCUT2D eigenvalue weighted by atomic mass is 10.2. The van der Waals surface area contributed by atoms with E-state index in [4.69, 9.17) is 4.74 Å². The molecule has 2 heteroatoms. The Balaban J connectivity index is 2.37. The summed E-state index contributed by atoms with van der Waals surface area (Å²) in [6.45, 7) is 2.00. The lowest BCUT2D eigenvalue weighted by molar-refractivity contribution is -0.133. The SMILES string of the molecule is CC[CH]CC(=O)Oc1ccccc1. The van der Waals surface area contributed by atoms with E-state index in [-0.39, 0.29) is 5.97 Å². The minimum Gasteiger partial charge on any atom is -0.427 e. The first kappa shape index (κ1) is 9.78.